The summed E-state index contributed by atoms with van der Waals surface area (Å²) in [5.74, 6) is -0.0336. The molecule has 0 aliphatic carbocycles. The zero-order valence-corrected chi connectivity index (χ0v) is 13.7. The second-order valence-electron chi connectivity index (χ2n) is 5.03. The third-order valence-electron chi connectivity index (χ3n) is 3.36. The molecule has 0 unspecified atom stereocenters. The fraction of sp³-hybridized carbons (Fsp3) is 0.111. The smallest absolute Gasteiger partial charge is 0.254 e. The number of nitrogens with zero attached hydrogens (tertiary/aromatic N) is 1. The number of para-hydroxylation sites is 1. The van der Waals surface area contributed by atoms with E-state index in [9.17, 15) is 4.79 Å². The first kappa shape index (κ1) is 16.1. The SMILES string of the molecule is CCOc1cccc2cc(C(N)=O)c(=Nc3ccc(Cl)cc3)oc12. The molecule has 0 spiro atoms. The van der Waals surface area contributed by atoms with Gasteiger partial charge in [-0.25, -0.2) is 4.99 Å². The molecule has 0 atom stereocenters. The number of primary amides is 1. The fourth-order valence-corrected chi connectivity index (χ4v) is 2.41. The standard InChI is InChI=1S/C18H15ClN2O3/c1-2-23-15-5-3-4-11-10-14(17(20)22)18(24-16(11)15)21-13-8-6-12(19)7-9-13/h3-10H,2H2,1H3,(H2,20,22). The lowest BCUT2D eigenvalue weighted by Crippen LogP contribution is -2.21. The van der Waals surface area contributed by atoms with Crippen molar-refractivity contribution in [3.63, 3.8) is 0 Å². The van der Waals surface area contributed by atoms with Gasteiger partial charge in [-0.1, -0.05) is 23.7 Å². The van der Waals surface area contributed by atoms with Gasteiger partial charge in [0.2, 0.25) is 5.55 Å². The van der Waals surface area contributed by atoms with Gasteiger partial charge in [0, 0.05) is 10.4 Å². The molecule has 1 heterocycles. The topological polar surface area (TPSA) is 77.8 Å². The van der Waals surface area contributed by atoms with E-state index in [2.05, 4.69) is 4.99 Å². The molecule has 3 aromatic rings. The van der Waals surface area contributed by atoms with Crippen molar-refractivity contribution in [1.29, 1.82) is 0 Å². The number of amides is 1. The van der Waals surface area contributed by atoms with Gasteiger partial charge in [0.1, 0.15) is 5.56 Å². The van der Waals surface area contributed by atoms with Gasteiger partial charge in [-0.05, 0) is 43.3 Å². The fourth-order valence-electron chi connectivity index (χ4n) is 2.29. The zero-order valence-electron chi connectivity index (χ0n) is 13.0. The molecule has 0 fully saturated rings. The van der Waals surface area contributed by atoms with E-state index < -0.39 is 5.91 Å². The number of hydrogen-bond acceptors (Lipinski definition) is 4. The minimum absolute atomic E-state index is 0.129. The van der Waals surface area contributed by atoms with Crippen molar-refractivity contribution in [3.8, 4) is 5.75 Å². The highest BCUT2D eigenvalue weighted by molar-refractivity contribution is 6.30. The van der Waals surface area contributed by atoms with Crippen molar-refractivity contribution >= 4 is 34.2 Å². The molecular weight excluding hydrogens is 328 g/mol. The lowest BCUT2D eigenvalue weighted by atomic mass is 10.1. The van der Waals surface area contributed by atoms with E-state index in [1.165, 1.54) is 0 Å². The number of fused-ring (bicyclic) bond motifs is 1. The first-order valence-corrected chi connectivity index (χ1v) is 7.76. The van der Waals surface area contributed by atoms with Crippen LogP contribution in [0.1, 0.15) is 17.3 Å². The molecule has 5 nitrogen and oxygen atoms in total. The Balaban J connectivity index is 2.27. The summed E-state index contributed by atoms with van der Waals surface area (Å²) in [7, 11) is 0. The number of carbonyl (C=O) groups is 1. The maximum absolute atomic E-state index is 11.8. The summed E-state index contributed by atoms with van der Waals surface area (Å²) < 4.78 is 11.4. The third kappa shape index (κ3) is 3.26. The highest BCUT2D eigenvalue weighted by Crippen LogP contribution is 2.25. The van der Waals surface area contributed by atoms with Crippen LogP contribution in [-0.2, 0) is 0 Å². The number of nitrogens with two attached hydrogens (primary N) is 1. The van der Waals surface area contributed by atoms with E-state index in [1.54, 1.807) is 36.4 Å². The van der Waals surface area contributed by atoms with Crippen molar-refractivity contribution in [2.45, 2.75) is 6.92 Å². The third-order valence-corrected chi connectivity index (χ3v) is 3.61. The predicted octanol–water partition coefficient (Wildman–Crippen LogP) is 3.82. The van der Waals surface area contributed by atoms with Crippen LogP contribution in [0.4, 0.5) is 5.69 Å². The van der Waals surface area contributed by atoms with Crippen molar-refractivity contribution < 1.29 is 13.9 Å². The average molecular weight is 343 g/mol. The number of halogens is 1. The Morgan fingerprint density at radius 2 is 2.00 bits per heavy atom. The second kappa shape index (κ2) is 6.76. The molecule has 2 N–H and O–H groups in total. The number of ether oxygens (including phenoxy) is 1. The van der Waals surface area contributed by atoms with Gasteiger partial charge in [-0.3, -0.25) is 4.79 Å². The van der Waals surface area contributed by atoms with Crippen LogP contribution < -0.4 is 16.0 Å². The van der Waals surface area contributed by atoms with Gasteiger partial charge in [0.25, 0.3) is 5.91 Å². The summed E-state index contributed by atoms with van der Waals surface area (Å²) in [5.41, 5.74) is 6.91. The van der Waals surface area contributed by atoms with E-state index in [1.807, 2.05) is 19.1 Å². The van der Waals surface area contributed by atoms with E-state index in [0.29, 0.717) is 34.0 Å². The van der Waals surface area contributed by atoms with Crippen molar-refractivity contribution in [1.82, 2.24) is 0 Å². The van der Waals surface area contributed by atoms with Crippen LogP contribution >= 0.6 is 11.6 Å². The van der Waals surface area contributed by atoms with Crippen LogP contribution in [0.5, 0.6) is 5.75 Å². The molecule has 0 saturated carbocycles. The summed E-state index contributed by atoms with van der Waals surface area (Å²) >= 11 is 5.87. The number of benzene rings is 2. The van der Waals surface area contributed by atoms with E-state index in [4.69, 9.17) is 26.5 Å². The number of rotatable bonds is 4. The van der Waals surface area contributed by atoms with Crippen LogP contribution in [0.3, 0.4) is 0 Å². The average Bonchev–Trinajstić information content (AvgIpc) is 2.57. The summed E-state index contributed by atoms with van der Waals surface area (Å²) in [6.07, 6.45) is 0. The Hall–Kier alpha value is -2.79. The highest BCUT2D eigenvalue weighted by atomic mass is 35.5. The normalized spacial score (nSPS) is 11.7. The van der Waals surface area contributed by atoms with Crippen molar-refractivity contribution in [2.75, 3.05) is 6.61 Å². The lowest BCUT2D eigenvalue weighted by molar-refractivity contribution is 0.0996. The second-order valence-corrected chi connectivity index (χ2v) is 5.46. The molecule has 24 heavy (non-hydrogen) atoms. The summed E-state index contributed by atoms with van der Waals surface area (Å²) in [5, 5.41) is 1.31. The summed E-state index contributed by atoms with van der Waals surface area (Å²) in [6, 6.07) is 13.9. The van der Waals surface area contributed by atoms with Crippen LogP contribution in [0.2, 0.25) is 5.02 Å². The Morgan fingerprint density at radius 1 is 1.25 bits per heavy atom. The monoisotopic (exact) mass is 342 g/mol. The van der Waals surface area contributed by atoms with Crippen molar-refractivity contribution in [2.24, 2.45) is 10.7 Å². The first-order chi connectivity index (χ1) is 11.6. The predicted molar refractivity (Wildman–Crippen MR) is 92.6 cm³/mol. The number of carbonyl (C=O) groups excluding carboxylic acids is 1. The van der Waals surface area contributed by atoms with Gasteiger partial charge >= 0.3 is 0 Å². The Morgan fingerprint density at radius 3 is 2.67 bits per heavy atom. The van der Waals surface area contributed by atoms with Crippen LogP contribution in [0.25, 0.3) is 11.0 Å². The zero-order chi connectivity index (χ0) is 17.1. The van der Waals surface area contributed by atoms with Gasteiger partial charge in [0.15, 0.2) is 11.3 Å². The largest absolute Gasteiger partial charge is 0.490 e. The van der Waals surface area contributed by atoms with Gasteiger partial charge in [-0.15, -0.1) is 0 Å². The van der Waals surface area contributed by atoms with E-state index in [-0.39, 0.29) is 11.1 Å². The Bertz CT molecular complexity index is 962. The van der Waals surface area contributed by atoms with Crippen LogP contribution in [-0.4, -0.2) is 12.5 Å². The Labute approximate surface area is 143 Å². The summed E-state index contributed by atoms with van der Waals surface area (Å²) in [6.45, 7) is 2.38. The molecule has 6 heteroatoms. The lowest BCUT2D eigenvalue weighted by Gasteiger charge is -2.07. The summed E-state index contributed by atoms with van der Waals surface area (Å²) in [4.78, 5) is 16.1. The van der Waals surface area contributed by atoms with Gasteiger partial charge in [0.05, 0.1) is 12.3 Å². The number of hydrogen-bond donors (Lipinski definition) is 1. The molecule has 0 radical (unpaired) electrons. The van der Waals surface area contributed by atoms with Gasteiger partial charge < -0.3 is 14.9 Å². The molecule has 2 aromatic carbocycles. The molecule has 1 amide bonds. The molecule has 122 valence electrons. The van der Waals surface area contributed by atoms with E-state index in [0.717, 1.165) is 0 Å². The maximum atomic E-state index is 11.8. The quantitative estimate of drug-likeness (QED) is 0.783. The first-order valence-electron chi connectivity index (χ1n) is 7.38. The van der Waals surface area contributed by atoms with Gasteiger partial charge in [-0.2, -0.15) is 0 Å². The van der Waals surface area contributed by atoms with E-state index >= 15 is 0 Å². The van der Waals surface area contributed by atoms with Crippen molar-refractivity contribution in [3.05, 3.63) is 64.7 Å². The van der Waals surface area contributed by atoms with Crippen LogP contribution in [0, 0.1) is 0 Å². The maximum Gasteiger partial charge on any atom is 0.254 e. The molecule has 0 bridgehead atoms. The molecular formula is C18H15ClN2O3. The van der Waals surface area contributed by atoms with Crippen LogP contribution in [0.15, 0.2) is 57.9 Å². The minimum atomic E-state index is -0.616. The Kier molecular flexibility index (Phi) is 4.53. The molecule has 0 saturated heterocycles. The molecule has 0 aliphatic heterocycles. The molecule has 3 rings (SSSR count). The highest BCUT2D eigenvalue weighted by Gasteiger charge is 2.12. The minimum Gasteiger partial charge on any atom is -0.490 e. The molecule has 1 aromatic heterocycles. The molecule has 0 aliphatic rings.